The summed E-state index contributed by atoms with van der Waals surface area (Å²) in [6, 6.07) is 16.1. The number of carbonyl (C=O) groups is 1. The molecular weight excluding hydrogens is 334 g/mol. The number of thiocarbonyl (C=S) groups is 1. The van der Waals surface area contributed by atoms with E-state index in [9.17, 15) is 4.79 Å². The molecule has 1 amide bonds. The highest BCUT2D eigenvalue weighted by molar-refractivity contribution is 8.27. The molecular formula is C20H19NOS2. The minimum atomic E-state index is -0.0489. The SMILES string of the molecule is Cc1ccccc1N1C(=O)C(=Cc2ccc(C(C)C)cc2)SC1=S. The van der Waals surface area contributed by atoms with Crippen molar-refractivity contribution in [3.63, 3.8) is 0 Å². The molecule has 2 nitrogen and oxygen atoms in total. The Morgan fingerprint density at radius 1 is 1.08 bits per heavy atom. The maximum Gasteiger partial charge on any atom is 0.270 e. The van der Waals surface area contributed by atoms with E-state index in [0.29, 0.717) is 15.1 Å². The van der Waals surface area contributed by atoms with Crippen LogP contribution in [-0.4, -0.2) is 10.2 Å². The summed E-state index contributed by atoms with van der Waals surface area (Å²) >= 11 is 6.79. The first-order chi connectivity index (χ1) is 11.5. The van der Waals surface area contributed by atoms with Crippen LogP contribution in [0.2, 0.25) is 0 Å². The van der Waals surface area contributed by atoms with E-state index in [1.165, 1.54) is 17.3 Å². The molecule has 0 aliphatic carbocycles. The second kappa shape index (κ2) is 6.91. The van der Waals surface area contributed by atoms with Gasteiger partial charge in [0.25, 0.3) is 5.91 Å². The molecule has 122 valence electrons. The zero-order chi connectivity index (χ0) is 17.3. The fraction of sp³-hybridized carbons (Fsp3) is 0.200. The second-order valence-corrected chi connectivity index (χ2v) is 7.80. The first-order valence-electron chi connectivity index (χ1n) is 7.91. The molecule has 24 heavy (non-hydrogen) atoms. The van der Waals surface area contributed by atoms with E-state index in [1.54, 1.807) is 4.90 Å². The van der Waals surface area contributed by atoms with Crippen molar-refractivity contribution < 1.29 is 4.79 Å². The zero-order valence-electron chi connectivity index (χ0n) is 13.9. The Morgan fingerprint density at radius 3 is 2.38 bits per heavy atom. The molecule has 1 fully saturated rings. The van der Waals surface area contributed by atoms with Gasteiger partial charge in [0.15, 0.2) is 4.32 Å². The van der Waals surface area contributed by atoms with Gasteiger partial charge in [-0.15, -0.1) is 0 Å². The van der Waals surface area contributed by atoms with E-state index in [1.807, 2.05) is 37.3 Å². The van der Waals surface area contributed by atoms with Crippen LogP contribution in [0.1, 0.15) is 36.5 Å². The van der Waals surface area contributed by atoms with Crippen LogP contribution in [0.3, 0.4) is 0 Å². The first kappa shape index (κ1) is 16.9. The Morgan fingerprint density at radius 2 is 1.75 bits per heavy atom. The molecule has 0 atom stereocenters. The summed E-state index contributed by atoms with van der Waals surface area (Å²) in [7, 11) is 0. The van der Waals surface area contributed by atoms with Crippen molar-refractivity contribution in [2.75, 3.05) is 4.90 Å². The number of rotatable bonds is 3. The average molecular weight is 354 g/mol. The van der Waals surface area contributed by atoms with Gasteiger partial charge >= 0.3 is 0 Å². The molecule has 0 saturated carbocycles. The van der Waals surface area contributed by atoms with Gasteiger partial charge in [-0.1, -0.05) is 80.3 Å². The van der Waals surface area contributed by atoms with Crippen molar-refractivity contribution >= 4 is 46.0 Å². The lowest BCUT2D eigenvalue weighted by molar-refractivity contribution is -0.113. The molecule has 0 bridgehead atoms. The highest BCUT2D eigenvalue weighted by atomic mass is 32.2. The summed E-state index contributed by atoms with van der Waals surface area (Å²) in [6.45, 7) is 6.33. The predicted octanol–water partition coefficient (Wildman–Crippen LogP) is 5.52. The lowest BCUT2D eigenvalue weighted by atomic mass is 10.0. The van der Waals surface area contributed by atoms with Crippen LogP contribution < -0.4 is 4.90 Å². The molecule has 0 unspecified atom stereocenters. The van der Waals surface area contributed by atoms with E-state index < -0.39 is 0 Å². The van der Waals surface area contributed by atoms with Crippen molar-refractivity contribution in [1.29, 1.82) is 0 Å². The molecule has 0 aromatic heterocycles. The molecule has 4 heteroatoms. The number of para-hydroxylation sites is 1. The highest BCUT2D eigenvalue weighted by Gasteiger charge is 2.33. The van der Waals surface area contributed by atoms with Crippen molar-refractivity contribution in [1.82, 2.24) is 0 Å². The molecule has 1 heterocycles. The summed E-state index contributed by atoms with van der Waals surface area (Å²) in [5.41, 5.74) is 4.21. The minimum absolute atomic E-state index is 0.0489. The standard InChI is InChI=1S/C20H19NOS2/c1-13(2)16-10-8-15(9-11-16)12-18-19(22)21(20(23)24-18)17-7-5-4-6-14(17)3/h4-13H,1-3H3. The van der Waals surface area contributed by atoms with Crippen molar-refractivity contribution in [2.24, 2.45) is 0 Å². The molecule has 1 aliphatic rings. The first-order valence-corrected chi connectivity index (χ1v) is 9.13. The third-order valence-electron chi connectivity index (χ3n) is 4.05. The third kappa shape index (κ3) is 3.30. The molecule has 3 rings (SSSR count). The summed E-state index contributed by atoms with van der Waals surface area (Å²) in [5, 5.41) is 0. The Balaban J connectivity index is 1.90. The summed E-state index contributed by atoms with van der Waals surface area (Å²) < 4.78 is 0.583. The molecule has 0 N–H and O–H groups in total. The van der Waals surface area contributed by atoms with E-state index in [2.05, 4.69) is 38.1 Å². The number of hydrogen-bond donors (Lipinski definition) is 0. The Labute approximate surface area is 152 Å². The fourth-order valence-corrected chi connectivity index (χ4v) is 3.90. The van der Waals surface area contributed by atoms with Gasteiger partial charge in [0.2, 0.25) is 0 Å². The monoisotopic (exact) mass is 353 g/mol. The van der Waals surface area contributed by atoms with Gasteiger partial charge < -0.3 is 0 Å². The van der Waals surface area contributed by atoms with Crippen LogP contribution in [0.4, 0.5) is 5.69 Å². The summed E-state index contributed by atoms with van der Waals surface area (Å²) in [4.78, 5) is 15.1. The molecule has 2 aromatic carbocycles. The molecule has 0 spiro atoms. The number of aryl methyl sites for hydroxylation is 1. The fourth-order valence-electron chi connectivity index (χ4n) is 2.62. The Bertz CT molecular complexity index is 822. The summed E-state index contributed by atoms with van der Waals surface area (Å²) in [6.07, 6.45) is 1.92. The number of nitrogens with zero attached hydrogens (tertiary/aromatic N) is 1. The van der Waals surface area contributed by atoms with E-state index in [0.717, 1.165) is 16.8 Å². The highest BCUT2D eigenvalue weighted by Crippen LogP contribution is 2.37. The summed E-state index contributed by atoms with van der Waals surface area (Å²) in [5.74, 6) is 0.450. The van der Waals surface area contributed by atoms with Gasteiger partial charge in [-0.2, -0.15) is 0 Å². The smallest absolute Gasteiger partial charge is 0.268 e. The van der Waals surface area contributed by atoms with Crippen LogP contribution in [-0.2, 0) is 4.79 Å². The van der Waals surface area contributed by atoms with Crippen LogP contribution in [0.15, 0.2) is 53.4 Å². The maximum atomic E-state index is 12.8. The van der Waals surface area contributed by atoms with Crippen LogP contribution >= 0.6 is 24.0 Å². The predicted molar refractivity (Wildman–Crippen MR) is 107 cm³/mol. The zero-order valence-corrected chi connectivity index (χ0v) is 15.6. The van der Waals surface area contributed by atoms with Crippen LogP contribution in [0.5, 0.6) is 0 Å². The molecule has 1 saturated heterocycles. The number of benzene rings is 2. The number of carbonyl (C=O) groups excluding carboxylic acids is 1. The minimum Gasteiger partial charge on any atom is -0.268 e. The molecule has 0 radical (unpaired) electrons. The number of amides is 1. The topological polar surface area (TPSA) is 20.3 Å². The average Bonchev–Trinajstić information content (AvgIpc) is 2.83. The normalized spacial score (nSPS) is 16.5. The van der Waals surface area contributed by atoms with Crippen LogP contribution in [0, 0.1) is 6.92 Å². The Kier molecular flexibility index (Phi) is 4.88. The van der Waals surface area contributed by atoms with Gasteiger partial charge in [-0.25, -0.2) is 0 Å². The lowest BCUT2D eigenvalue weighted by Crippen LogP contribution is -2.28. The van der Waals surface area contributed by atoms with Gasteiger partial charge in [-0.05, 0) is 41.7 Å². The van der Waals surface area contributed by atoms with Crippen LogP contribution in [0.25, 0.3) is 6.08 Å². The maximum absolute atomic E-state index is 12.8. The molecule has 1 aliphatic heterocycles. The largest absolute Gasteiger partial charge is 0.270 e. The van der Waals surface area contributed by atoms with Crippen molar-refractivity contribution in [2.45, 2.75) is 26.7 Å². The van der Waals surface area contributed by atoms with Crippen molar-refractivity contribution in [3.8, 4) is 0 Å². The van der Waals surface area contributed by atoms with Gasteiger partial charge in [0.1, 0.15) is 0 Å². The second-order valence-electron chi connectivity index (χ2n) is 6.12. The van der Waals surface area contributed by atoms with E-state index in [4.69, 9.17) is 12.2 Å². The number of thioether (sulfide) groups is 1. The van der Waals surface area contributed by atoms with Gasteiger partial charge in [-0.3, -0.25) is 9.69 Å². The van der Waals surface area contributed by atoms with Crippen molar-refractivity contribution in [3.05, 3.63) is 70.1 Å². The Hall–Kier alpha value is -1.91. The quantitative estimate of drug-likeness (QED) is 0.535. The van der Waals surface area contributed by atoms with Gasteiger partial charge in [0, 0.05) is 0 Å². The van der Waals surface area contributed by atoms with E-state index >= 15 is 0 Å². The third-order valence-corrected chi connectivity index (χ3v) is 5.35. The number of anilines is 1. The number of hydrogen-bond acceptors (Lipinski definition) is 3. The van der Waals surface area contributed by atoms with E-state index in [-0.39, 0.29) is 5.91 Å². The van der Waals surface area contributed by atoms with Gasteiger partial charge in [0.05, 0.1) is 10.6 Å². The molecule has 2 aromatic rings. The lowest BCUT2D eigenvalue weighted by Gasteiger charge is -2.16.